The van der Waals surface area contributed by atoms with E-state index in [0.717, 1.165) is 13.2 Å². The van der Waals surface area contributed by atoms with E-state index < -0.39 is 0 Å². The van der Waals surface area contributed by atoms with Crippen molar-refractivity contribution in [3.05, 3.63) is 34.9 Å². The van der Waals surface area contributed by atoms with Crippen LogP contribution in [0.15, 0.2) is 18.2 Å². The number of hydrogen-bond donors (Lipinski definition) is 1. The predicted molar refractivity (Wildman–Crippen MR) is 68.7 cm³/mol. The molecule has 16 heavy (non-hydrogen) atoms. The molecule has 2 heteroatoms. The first-order valence-electron chi connectivity index (χ1n) is 5.97. The molecule has 1 N–H and O–H groups in total. The predicted octanol–water partition coefficient (Wildman–Crippen LogP) is 2.82. The summed E-state index contributed by atoms with van der Waals surface area (Å²) in [6.45, 7) is 11.0. The highest BCUT2D eigenvalue weighted by atomic mass is 16.5. The summed E-state index contributed by atoms with van der Waals surface area (Å²) in [5.41, 5.74) is 3.93. The second-order valence-electron chi connectivity index (χ2n) is 4.58. The number of rotatable bonds is 6. The Balaban J connectivity index is 2.24. The van der Waals surface area contributed by atoms with Crippen molar-refractivity contribution in [1.29, 1.82) is 0 Å². The third-order valence-corrected chi connectivity index (χ3v) is 2.64. The van der Waals surface area contributed by atoms with Crippen LogP contribution in [0, 0.1) is 13.8 Å². The molecule has 2 nitrogen and oxygen atoms in total. The summed E-state index contributed by atoms with van der Waals surface area (Å²) >= 11 is 0. The Morgan fingerprint density at radius 2 is 1.94 bits per heavy atom. The Hall–Kier alpha value is -0.860. The first-order chi connectivity index (χ1) is 7.59. The number of benzene rings is 1. The quantitative estimate of drug-likeness (QED) is 0.746. The van der Waals surface area contributed by atoms with Crippen molar-refractivity contribution in [1.82, 2.24) is 5.32 Å². The molecular weight excluding hydrogens is 198 g/mol. The molecule has 0 atom stereocenters. The zero-order valence-electron chi connectivity index (χ0n) is 10.8. The molecule has 0 saturated carbocycles. The monoisotopic (exact) mass is 221 g/mol. The minimum absolute atomic E-state index is 0.533. The molecule has 0 aromatic heterocycles. The van der Waals surface area contributed by atoms with E-state index in [9.17, 15) is 0 Å². The molecule has 90 valence electrons. The summed E-state index contributed by atoms with van der Waals surface area (Å²) in [5.74, 6) is 0. The van der Waals surface area contributed by atoms with E-state index in [1.807, 2.05) is 0 Å². The minimum atomic E-state index is 0.533. The van der Waals surface area contributed by atoms with Gasteiger partial charge in [-0.2, -0.15) is 0 Å². The number of ether oxygens (including phenoxy) is 1. The lowest BCUT2D eigenvalue weighted by Gasteiger charge is -2.09. The molecule has 1 rings (SSSR count). The van der Waals surface area contributed by atoms with Crippen molar-refractivity contribution < 1.29 is 4.74 Å². The summed E-state index contributed by atoms with van der Waals surface area (Å²) in [6.07, 6.45) is 0. The van der Waals surface area contributed by atoms with Gasteiger partial charge in [0.15, 0.2) is 0 Å². The zero-order chi connectivity index (χ0) is 12.0. The SMILES string of the molecule is Cc1ccc(COCCNC(C)C)cc1C. The molecule has 0 unspecified atom stereocenters. The van der Waals surface area contributed by atoms with Crippen molar-refractivity contribution in [2.24, 2.45) is 0 Å². The lowest BCUT2D eigenvalue weighted by atomic mass is 10.1. The summed E-state index contributed by atoms with van der Waals surface area (Å²) in [4.78, 5) is 0. The van der Waals surface area contributed by atoms with Crippen LogP contribution in [-0.2, 0) is 11.3 Å². The second kappa shape index (κ2) is 6.66. The van der Waals surface area contributed by atoms with E-state index >= 15 is 0 Å². The van der Waals surface area contributed by atoms with Crippen LogP contribution in [0.5, 0.6) is 0 Å². The average molecular weight is 221 g/mol. The Morgan fingerprint density at radius 1 is 1.19 bits per heavy atom. The van der Waals surface area contributed by atoms with Crippen LogP contribution in [0.2, 0.25) is 0 Å². The topological polar surface area (TPSA) is 21.3 Å². The summed E-state index contributed by atoms with van der Waals surface area (Å²) in [5, 5.41) is 3.33. The van der Waals surface area contributed by atoms with Crippen LogP contribution in [-0.4, -0.2) is 19.2 Å². The van der Waals surface area contributed by atoms with Gasteiger partial charge in [0.1, 0.15) is 0 Å². The lowest BCUT2D eigenvalue weighted by molar-refractivity contribution is 0.121. The van der Waals surface area contributed by atoms with Gasteiger partial charge in [-0.05, 0) is 30.5 Å². The average Bonchev–Trinajstić information content (AvgIpc) is 2.22. The van der Waals surface area contributed by atoms with E-state index in [2.05, 4.69) is 51.2 Å². The van der Waals surface area contributed by atoms with Gasteiger partial charge in [-0.15, -0.1) is 0 Å². The highest BCUT2D eigenvalue weighted by molar-refractivity contribution is 5.29. The molecule has 0 amide bonds. The van der Waals surface area contributed by atoms with Gasteiger partial charge >= 0.3 is 0 Å². The van der Waals surface area contributed by atoms with E-state index in [-0.39, 0.29) is 0 Å². The van der Waals surface area contributed by atoms with Crippen molar-refractivity contribution in [3.8, 4) is 0 Å². The molecule has 0 spiro atoms. The van der Waals surface area contributed by atoms with Crippen molar-refractivity contribution in [3.63, 3.8) is 0 Å². The number of nitrogens with one attached hydrogen (secondary N) is 1. The minimum Gasteiger partial charge on any atom is -0.375 e. The third kappa shape index (κ3) is 4.77. The van der Waals surface area contributed by atoms with Crippen molar-refractivity contribution in [2.45, 2.75) is 40.3 Å². The molecule has 0 aliphatic rings. The van der Waals surface area contributed by atoms with Crippen LogP contribution in [0.3, 0.4) is 0 Å². The zero-order valence-corrected chi connectivity index (χ0v) is 10.8. The van der Waals surface area contributed by atoms with Gasteiger partial charge in [-0.25, -0.2) is 0 Å². The van der Waals surface area contributed by atoms with Crippen LogP contribution < -0.4 is 5.32 Å². The van der Waals surface area contributed by atoms with Crippen LogP contribution in [0.1, 0.15) is 30.5 Å². The van der Waals surface area contributed by atoms with E-state index in [4.69, 9.17) is 4.74 Å². The lowest BCUT2D eigenvalue weighted by Crippen LogP contribution is -2.26. The molecule has 1 aromatic carbocycles. The van der Waals surface area contributed by atoms with E-state index in [0.29, 0.717) is 12.6 Å². The Bertz CT molecular complexity index is 321. The van der Waals surface area contributed by atoms with Gasteiger partial charge in [0, 0.05) is 12.6 Å². The third-order valence-electron chi connectivity index (χ3n) is 2.64. The summed E-state index contributed by atoms with van der Waals surface area (Å²) in [7, 11) is 0. The van der Waals surface area contributed by atoms with Gasteiger partial charge in [-0.3, -0.25) is 0 Å². The van der Waals surface area contributed by atoms with E-state index in [1.165, 1.54) is 16.7 Å². The standard InChI is InChI=1S/C14H23NO/c1-11(2)15-7-8-16-10-14-6-5-12(3)13(4)9-14/h5-6,9,11,15H,7-8,10H2,1-4H3. The Morgan fingerprint density at radius 3 is 2.56 bits per heavy atom. The molecule has 1 aromatic rings. The van der Waals surface area contributed by atoms with Gasteiger partial charge in [-0.1, -0.05) is 32.0 Å². The molecule has 0 heterocycles. The molecule has 0 fully saturated rings. The molecular formula is C14H23NO. The summed E-state index contributed by atoms with van der Waals surface area (Å²) in [6, 6.07) is 7.02. The Labute approximate surface area is 99.0 Å². The molecule has 0 radical (unpaired) electrons. The molecule has 0 bridgehead atoms. The summed E-state index contributed by atoms with van der Waals surface area (Å²) < 4.78 is 5.60. The molecule has 0 saturated heterocycles. The van der Waals surface area contributed by atoms with Gasteiger partial charge in [0.25, 0.3) is 0 Å². The van der Waals surface area contributed by atoms with Gasteiger partial charge in [0.05, 0.1) is 13.2 Å². The maximum absolute atomic E-state index is 5.60. The first-order valence-corrected chi connectivity index (χ1v) is 5.97. The highest BCUT2D eigenvalue weighted by Crippen LogP contribution is 2.10. The highest BCUT2D eigenvalue weighted by Gasteiger charge is 1.97. The van der Waals surface area contributed by atoms with Crippen molar-refractivity contribution in [2.75, 3.05) is 13.2 Å². The van der Waals surface area contributed by atoms with Crippen LogP contribution in [0.25, 0.3) is 0 Å². The van der Waals surface area contributed by atoms with Crippen LogP contribution >= 0.6 is 0 Å². The largest absolute Gasteiger partial charge is 0.375 e. The Kier molecular flexibility index (Phi) is 5.50. The molecule has 0 aliphatic heterocycles. The fourth-order valence-corrected chi connectivity index (χ4v) is 1.50. The van der Waals surface area contributed by atoms with Crippen molar-refractivity contribution >= 4 is 0 Å². The fourth-order valence-electron chi connectivity index (χ4n) is 1.50. The molecule has 0 aliphatic carbocycles. The van der Waals surface area contributed by atoms with Crippen LogP contribution in [0.4, 0.5) is 0 Å². The smallest absolute Gasteiger partial charge is 0.0717 e. The fraction of sp³-hybridized carbons (Fsp3) is 0.571. The van der Waals surface area contributed by atoms with Gasteiger partial charge < -0.3 is 10.1 Å². The second-order valence-corrected chi connectivity index (χ2v) is 4.58. The number of hydrogen-bond acceptors (Lipinski definition) is 2. The normalized spacial score (nSPS) is 11.1. The van der Waals surface area contributed by atoms with E-state index in [1.54, 1.807) is 0 Å². The maximum Gasteiger partial charge on any atom is 0.0717 e. The maximum atomic E-state index is 5.60. The first kappa shape index (κ1) is 13.2. The number of aryl methyl sites for hydroxylation is 2. The van der Waals surface area contributed by atoms with Gasteiger partial charge in [0.2, 0.25) is 0 Å².